The van der Waals surface area contributed by atoms with Gasteiger partial charge in [-0.15, -0.1) is 6.42 Å². The third-order valence-corrected chi connectivity index (χ3v) is 5.31. The lowest BCUT2D eigenvalue weighted by molar-refractivity contribution is -0.0132. The summed E-state index contributed by atoms with van der Waals surface area (Å²) in [5.41, 5.74) is 0.0597. The van der Waals surface area contributed by atoms with Crippen LogP contribution in [-0.2, 0) is 4.74 Å². The summed E-state index contributed by atoms with van der Waals surface area (Å²) >= 11 is 0. The smallest absolute Gasteiger partial charge is 0.266 e. The lowest BCUT2D eigenvalue weighted by atomic mass is 9.92. The Morgan fingerprint density at radius 1 is 1.41 bits per heavy atom. The number of nitrogens with one attached hydrogen (secondary N) is 2. The number of fused-ring (bicyclic) bond motifs is 1. The van der Waals surface area contributed by atoms with E-state index in [1.54, 1.807) is 13.2 Å². The fraction of sp³-hybridized carbons (Fsp3) is 0.400. The molecule has 1 fully saturated rings. The maximum atomic E-state index is 14.6. The SMILES string of the molecule is C#Cc1c(N2CCC(C)(OC)CC2)c2cc(C(=O)NC)cc(F)c2[nH]c1=O. The third kappa shape index (κ3) is 3.28. The summed E-state index contributed by atoms with van der Waals surface area (Å²) < 4.78 is 20.2. The molecule has 0 unspecified atom stereocenters. The van der Waals surface area contributed by atoms with Crippen LogP contribution < -0.4 is 15.8 Å². The highest BCUT2D eigenvalue weighted by molar-refractivity contribution is 6.02. The van der Waals surface area contributed by atoms with Gasteiger partial charge in [0.1, 0.15) is 11.4 Å². The van der Waals surface area contributed by atoms with Gasteiger partial charge in [0.15, 0.2) is 0 Å². The monoisotopic (exact) mass is 371 g/mol. The molecule has 0 spiro atoms. The minimum atomic E-state index is -0.674. The number of hydrogen-bond donors (Lipinski definition) is 2. The molecule has 27 heavy (non-hydrogen) atoms. The maximum absolute atomic E-state index is 14.6. The van der Waals surface area contributed by atoms with Crippen molar-refractivity contribution in [3.63, 3.8) is 0 Å². The van der Waals surface area contributed by atoms with E-state index in [4.69, 9.17) is 11.2 Å². The number of H-pyrrole nitrogens is 1. The Bertz CT molecular complexity index is 998. The average molecular weight is 371 g/mol. The van der Waals surface area contributed by atoms with Crippen molar-refractivity contribution in [3.05, 3.63) is 39.4 Å². The van der Waals surface area contributed by atoms with Gasteiger partial charge in [-0.25, -0.2) is 4.39 Å². The fourth-order valence-corrected chi connectivity index (χ4v) is 3.48. The first-order valence-electron chi connectivity index (χ1n) is 8.72. The second-order valence-electron chi connectivity index (χ2n) is 6.92. The van der Waals surface area contributed by atoms with Crippen LogP contribution in [0.1, 0.15) is 35.7 Å². The van der Waals surface area contributed by atoms with Crippen molar-refractivity contribution in [1.82, 2.24) is 10.3 Å². The summed E-state index contributed by atoms with van der Waals surface area (Å²) in [5.74, 6) is 1.34. The van der Waals surface area contributed by atoms with Crippen molar-refractivity contribution in [1.29, 1.82) is 0 Å². The van der Waals surface area contributed by atoms with Gasteiger partial charge >= 0.3 is 0 Å². The van der Waals surface area contributed by atoms with Crippen molar-refractivity contribution < 1.29 is 13.9 Å². The van der Waals surface area contributed by atoms with E-state index >= 15 is 0 Å². The topological polar surface area (TPSA) is 74.4 Å². The number of carbonyl (C=O) groups is 1. The minimum Gasteiger partial charge on any atom is -0.378 e. The van der Waals surface area contributed by atoms with Crippen LogP contribution in [-0.4, -0.2) is 43.7 Å². The number of benzene rings is 1. The highest BCUT2D eigenvalue weighted by Crippen LogP contribution is 2.34. The second-order valence-corrected chi connectivity index (χ2v) is 6.92. The van der Waals surface area contributed by atoms with Crippen LogP contribution in [0.3, 0.4) is 0 Å². The molecule has 1 aliphatic heterocycles. The quantitative estimate of drug-likeness (QED) is 0.810. The number of piperidine rings is 1. The highest BCUT2D eigenvalue weighted by Gasteiger charge is 2.32. The molecule has 1 aromatic heterocycles. The Morgan fingerprint density at radius 2 is 2.07 bits per heavy atom. The predicted molar refractivity (Wildman–Crippen MR) is 103 cm³/mol. The van der Waals surface area contributed by atoms with E-state index in [2.05, 4.69) is 16.2 Å². The van der Waals surface area contributed by atoms with Crippen molar-refractivity contribution in [2.24, 2.45) is 0 Å². The number of ether oxygens (including phenoxy) is 1. The summed E-state index contributed by atoms with van der Waals surface area (Å²) in [7, 11) is 3.15. The Labute approximate surface area is 156 Å². The first-order chi connectivity index (χ1) is 12.8. The maximum Gasteiger partial charge on any atom is 0.266 e. The number of aromatic amines is 1. The first kappa shape index (κ1) is 18.9. The van der Waals surface area contributed by atoms with E-state index in [0.717, 1.165) is 18.9 Å². The standard InChI is InChI=1S/C20H22FN3O3/c1-5-13-17(24-8-6-20(2,27-4)7-9-24)14-10-12(18(25)22-3)11-15(21)16(14)23-19(13)26/h1,10-11H,6-9H2,2-4H3,(H,22,25)(H,23,26). The largest absolute Gasteiger partial charge is 0.378 e. The lowest BCUT2D eigenvalue weighted by Gasteiger charge is -2.40. The van der Waals surface area contributed by atoms with Gasteiger partial charge in [-0.2, -0.15) is 0 Å². The molecular formula is C20H22FN3O3. The molecule has 7 heteroatoms. The van der Waals surface area contributed by atoms with Crippen molar-refractivity contribution in [3.8, 4) is 12.3 Å². The molecule has 6 nitrogen and oxygen atoms in total. The molecule has 0 atom stereocenters. The van der Waals surface area contributed by atoms with Crippen molar-refractivity contribution in [2.45, 2.75) is 25.4 Å². The van der Waals surface area contributed by atoms with Gasteiger partial charge in [-0.05, 0) is 31.9 Å². The van der Waals surface area contributed by atoms with E-state index in [1.165, 1.54) is 7.05 Å². The molecule has 0 radical (unpaired) electrons. The number of nitrogens with zero attached hydrogens (tertiary/aromatic N) is 1. The van der Waals surface area contributed by atoms with Crippen LogP contribution in [0.15, 0.2) is 16.9 Å². The van der Waals surface area contributed by atoms with Gasteiger partial charge in [0.2, 0.25) is 0 Å². The van der Waals surface area contributed by atoms with Crippen LogP contribution in [0.5, 0.6) is 0 Å². The molecule has 1 saturated heterocycles. The van der Waals surface area contributed by atoms with E-state index in [1.807, 2.05) is 11.8 Å². The number of terminal acetylenes is 1. The highest BCUT2D eigenvalue weighted by atomic mass is 19.1. The van der Waals surface area contributed by atoms with Crippen LogP contribution >= 0.6 is 0 Å². The number of hydrogen-bond acceptors (Lipinski definition) is 4. The van der Waals surface area contributed by atoms with Gasteiger partial charge in [-0.1, -0.05) is 5.92 Å². The number of pyridine rings is 1. The summed E-state index contributed by atoms with van der Waals surface area (Å²) in [4.78, 5) is 29.0. The van der Waals surface area contributed by atoms with Crippen LogP contribution in [0.4, 0.5) is 10.1 Å². The van der Waals surface area contributed by atoms with E-state index in [9.17, 15) is 14.0 Å². The normalized spacial score (nSPS) is 16.2. The average Bonchev–Trinajstić information content (AvgIpc) is 2.67. The number of anilines is 1. The summed E-state index contributed by atoms with van der Waals surface area (Å²) in [5, 5.41) is 2.90. The molecule has 1 aromatic carbocycles. The lowest BCUT2D eigenvalue weighted by Crippen LogP contribution is -2.44. The molecule has 0 aliphatic carbocycles. The van der Waals surface area contributed by atoms with Crippen LogP contribution in [0.25, 0.3) is 10.9 Å². The predicted octanol–water partition coefficient (Wildman–Crippen LogP) is 2.01. The number of rotatable bonds is 3. The number of aromatic nitrogens is 1. The van der Waals surface area contributed by atoms with E-state index in [-0.39, 0.29) is 22.2 Å². The molecule has 0 bridgehead atoms. The number of carbonyl (C=O) groups excluding carboxylic acids is 1. The zero-order chi connectivity index (χ0) is 19.8. The fourth-order valence-electron chi connectivity index (χ4n) is 3.48. The summed E-state index contributed by atoms with van der Waals surface area (Å²) in [6, 6.07) is 2.67. The third-order valence-electron chi connectivity index (χ3n) is 5.31. The van der Waals surface area contributed by atoms with Crippen LogP contribution in [0.2, 0.25) is 0 Å². The molecule has 2 heterocycles. The first-order valence-corrected chi connectivity index (χ1v) is 8.72. The van der Waals surface area contributed by atoms with E-state index < -0.39 is 17.3 Å². The van der Waals surface area contributed by atoms with Crippen molar-refractivity contribution in [2.75, 3.05) is 32.1 Å². The van der Waals surface area contributed by atoms with E-state index in [0.29, 0.717) is 24.2 Å². The molecular weight excluding hydrogens is 349 g/mol. The van der Waals surface area contributed by atoms with Crippen molar-refractivity contribution >= 4 is 22.5 Å². The molecule has 142 valence electrons. The van der Waals surface area contributed by atoms with Gasteiger partial charge in [0.25, 0.3) is 11.5 Å². The molecule has 2 N–H and O–H groups in total. The Kier molecular flexibility index (Phi) is 4.94. The minimum absolute atomic E-state index is 0.0433. The van der Waals surface area contributed by atoms with Gasteiger partial charge < -0.3 is 19.9 Å². The zero-order valence-electron chi connectivity index (χ0n) is 15.6. The van der Waals surface area contributed by atoms with Gasteiger partial charge in [-0.3, -0.25) is 9.59 Å². The summed E-state index contributed by atoms with van der Waals surface area (Å²) in [6.45, 7) is 3.23. The second kappa shape index (κ2) is 7.05. The molecule has 1 aliphatic rings. The Hall–Kier alpha value is -2.85. The summed E-state index contributed by atoms with van der Waals surface area (Å²) in [6.07, 6.45) is 7.07. The van der Waals surface area contributed by atoms with Gasteiger partial charge in [0.05, 0.1) is 16.8 Å². The zero-order valence-corrected chi connectivity index (χ0v) is 15.6. The molecule has 1 amide bonds. The number of amides is 1. The number of methoxy groups -OCH3 is 1. The molecule has 3 rings (SSSR count). The molecule has 0 saturated carbocycles. The van der Waals surface area contributed by atoms with Gasteiger partial charge in [0, 0.05) is 38.2 Å². The molecule has 2 aromatic rings. The number of halogens is 1. The Balaban J connectivity index is 2.23. The Morgan fingerprint density at radius 3 is 2.63 bits per heavy atom. The van der Waals surface area contributed by atoms with Crippen LogP contribution in [0, 0.1) is 18.2 Å².